The van der Waals surface area contributed by atoms with Crippen LogP contribution in [-0.4, -0.2) is 0 Å². The standard InChI is InChI=1S/C51H98/c1-4-7-10-13-16-19-22-25-27-29-31-34-37-40-43-46-49-51(48-45-42-39-36-33-24-21-18-15-12-9-6-3)50-47-44-41-38-35-32-30-28-26-23-20-17-14-11-8-5-2/h4,26,28,48H,1,5-25,27,29-47,49-50H2,2-3H3. The van der Waals surface area contributed by atoms with E-state index in [0.29, 0.717) is 0 Å². The van der Waals surface area contributed by atoms with Crippen LogP contribution in [0.5, 0.6) is 0 Å². The molecule has 0 saturated carbocycles. The number of allylic oxidation sites excluding steroid dienone is 5. The predicted molar refractivity (Wildman–Crippen MR) is 237 cm³/mol. The summed E-state index contributed by atoms with van der Waals surface area (Å²) in [6.07, 6.45) is 70.9. The highest BCUT2D eigenvalue weighted by atomic mass is 14.1. The Morgan fingerprint density at radius 1 is 0.294 bits per heavy atom. The SMILES string of the molecule is C=CCCCCCCCCCCCCCCCCC(=CCCCCCCCCCCCCC)CCCCCCCCC=CCCCCCCCC. The molecule has 0 aliphatic rings. The third-order valence-corrected chi connectivity index (χ3v) is 11.4. The van der Waals surface area contributed by atoms with Crippen LogP contribution in [0.3, 0.4) is 0 Å². The molecule has 0 heterocycles. The van der Waals surface area contributed by atoms with Gasteiger partial charge < -0.3 is 0 Å². The number of hydrogen-bond acceptors (Lipinski definition) is 0. The van der Waals surface area contributed by atoms with E-state index < -0.39 is 0 Å². The third kappa shape index (κ3) is 45.3. The molecule has 0 fully saturated rings. The molecule has 0 aromatic rings. The van der Waals surface area contributed by atoms with E-state index in [1.54, 1.807) is 0 Å². The van der Waals surface area contributed by atoms with Crippen molar-refractivity contribution < 1.29 is 0 Å². The fraction of sp³-hybridized carbons (Fsp3) is 0.882. The van der Waals surface area contributed by atoms with E-state index in [1.165, 1.54) is 276 Å². The summed E-state index contributed by atoms with van der Waals surface area (Å²) in [6.45, 7) is 8.45. The van der Waals surface area contributed by atoms with Gasteiger partial charge in [0, 0.05) is 0 Å². The predicted octanol–water partition coefficient (Wildman–Crippen LogP) is 19.5. The molecule has 0 spiro atoms. The summed E-state index contributed by atoms with van der Waals surface area (Å²) in [5.74, 6) is 0. The fourth-order valence-corrected chi connectivity index (χ4v) is 7.81. The van der Waals surface area contributed by atoms with Gasteiger partial charge in [0.15, 0.2) is 0 Å². The van der Waals surface area contributed by atoms with Crippen LogP contribution >= 0.6 is 0 Å². The number of unbranched alkanes of at least 4 members (excludes halogenated alkanes) is 37. The van der Waals surface area contributed by atoms with E-state index in [9.17, 15) is 0 Å². The smallest absolute Gasteiger partial charge is 0.0320 e. The molecule has 0 saturated heterocycles. The Balaban J connectivity index is 4.02. The maximum Gasteiger partial charge on any atom is -0.0320 e. The number of hydrogen-bond donors (Lipinski definition) is 0. The molecule has 0 N–H and O–H groups in total. The molecule has 0 unspecified atom stereocenters. The Labute approximate surface area is 325 Å². The molecule has 0 atom stereocenters. The zero-order valence-corrected chi connectivity index (χ0v) is 35.9. The molecule has 0 amide bonds. The van der Waals surface area contributed by atoms with Crippen LogP contribution in [0.1, 0.15) is 290 Å². The van der Waals surface area contributed by atoms with E-state index in [-0.39, 0.29) is 0 Å². The Hall–Kier alpha value is -0.780. The van der Waals surface area contributed by atoms with E-state index >= 15 is 0 Å². The maximum atomic E-state index is 3.83. The zero-order valence-electron chi connectivity index (χ0n) is 35.9. The normalized spacial score (nSPS) is 12.1. The van der Waals surface area contributed by atoms with Crippen molar-refractivity contribution in [1.82, 2.24) is 0 Å². The Morgan fingerprint density at radius 2 is 0.549 bits per heavy atom. The number of rotatable bonds is 45. The molecular formula is C51H98. The van der Waals surface area contributed by atoms with Crippen molar-refractivity contribution in [3.63, 3.8) is 0 Å². The van der Waals surface area contributed by atoms with Crippen LogP contribution in [0.15, 0.2) is 36.5 Å². The minimum atomic E-state index is 1.20. The summed E-state index contributed by atoms with van der Waals surface area (Å²) in [4.78, 5) is 0. The molecule has 0 aromatic heterocycles. The van der Waals surface area contributed by atoms with Crippen molar-refractivity contribution in [1.29, 1.82) is 0 Å². The second-order valence-corrected chi connectivity index (χ2v) is 16.7. The van der Waals surface area contributed by atoms with Gasteiger partial charge in [-0.15, -0.1) is 6.58 Å². The molecule has 0 bridgehead atoms. The summed E-state index contributed by atoms with van der Waals surface area (Å²) in [5.41, 5.74) is 1.82. The lowest BCUT2D eigenvalue weighted by atomic mass is 9.97. The van der Waals surface area contributed by atoms with Crippen molar-refractivity contribution in [3.8, 4) is 0 Å². The quantitative estimate of drug-likeness (QED) is 0.0436. The van der Waals surface area contributed by atoms with E-state index in [1.807, 2.05) is 5.57 Å². The second-order valence-electron chi connectivity index (χ2n) is 16.7. The summed E-state index contributed by atoms with van der Waals surface area (Å²) in [7, 11) is 0. The van der Waals surface area contributed by atoms with Crippen molar-refractivity contribution in [2.45, 2.75) is 290 Å². The molecule has 0 heteroatoms. The van der Waals surface area contributed by atoms with Crippen LogP contribution in [-0.2, 0) is 0 Å². The molecule has 0 aromatic carbocycles. The molecule has 302 valence electrons. The van der Waals surface area contributed by atoms with E-state index in [0.717, 1.165) is 0 Å². The zero-order chi connectivity index (χ0) is 36.8. The molecule has 0 rings (SSSR count). The Kier molecular flexibility index (Phi) is 46.5. The lowest BCUT2D eigenvalue weighted by Crippen LogP contribution is -1.89. The first kappa shape index (κ1) is 50.2. The van der Waals surface area contributed by atoms with Gasteiger partial charge in [0.25, 0.3) is 0 Å². The van der Waals surface area contributed by atoms with Crippen molar-refractivity contribution >= 4 is 0 Å². The van der Waals surface area contributed by atoms with Crippen LogP contribution in [0.2, 0.25) is 0 Å². The van der Waals surface area contributed by atoms with Gasteiger partial charge in [0.05, 0.1) is 0 Å². The lowest BCUT2D eigenvalue weighted by molar-refractivity contribution is 0.532. The van der Waals surface area contributed by atoms with Crippen LogP contribution in [0.4, 0.5) is 0 Å². The van der Waals surface area contributed by atoms with Crippen molar-refractivity contribution in [2.24, 2.45) is 0 Å². The summed E-state index contributed by atoms with van der Waals surface area (Å²) < 4.78 is 0. The van der Waals surface area contributed by atoms with Gasteiger partial charge in [0.1, 0.15) is 0 Å². The summed E-state index contributed by atoms with van der Waals surface area (Å²) >= 11 is 0. The van der Waals surface area contributed by atoms with Gasteiger partial charge in [-0.1, -0.05) is 243 Å². The van der Waals surface area contributed by atoms with E-state index in [4.69, 9.17) is 0 Å². The van der Waals surface area contributed by atoms with Crippen LogP contribution < -0.4 is 0 Å². The first-order valence-corrected chi connectivity index (χ1v) is 24.3. The average molecular weight is 711 g/mol. The van der Waals surface area contributed by atoms with Gasteiger partial charge >= 0.3 is 0 Å². The fourth-order valence-electron chi connectivity index (χ4n) is 7.81. The minimum absolute atomic E-state index is 1.20. The van der Waals surface area contributed by atoms with Crippen molar-refractivity contribution in [3.05, 3.63) is 36.5 Å². The largest absolute Gasteiger partial charge is 0.103 e. The second kappa shape index (κ2) is 47.2. The minimum Gasteiger partial charge on any atom is -0.103 e. The highest BCUT2D eigenvalue weighted by molar-refractivity contribution is 5.02. The van der Waals surface area contributed by atoms with Crippen LogP contribution in [0.25, 0.3) is 0 Å². The van der Waals surface area contributed by atoms with Crippen LogP contribution in [0, 0.1) is 0 Å². The summed E-state index contributed by atoms with van der Waals surface area (Å²) in [5, 5.41) is 0. The van der Waals surface area contributed by atoms with E-state index in [2.05, 4.69) is 44.7 Å². The monoisotopic (exact) mass is 711 g/mol. The van der Waals surface area contributed by atoms with Crippen molar-refractivity contribution in [2.75, 3.05) is 0 Å². The molecule has 0 radical (unpaired) electrons. The Bertz CT molecular complexity index is 682. The maximum absolute atomic E-state index is 3.83. The lowest BCUT2D eigenvalue weighted by Gasteiger charge is -2.09. The molecule has 0 nitrogen and oxygen atoms in total. The van der Waals surface area contributed by atoms with Gasteiger partial charge in [-0.3, -0.25) is 0 Å². The first-order valence-electron chi connectivity index (χ1n) is 24.3. The summed E-state index contributed by atoms with van der Waals surface area (Å²) in [6, 6.07) is 0. The first-order chi connectivity index (χ1) is 25.3. The van der Waals surface area contributed by atoms with Gasteiger partial charge in [-0.05, 0) is 77.0 Å². The average Bonchev–Trinajstić information content (AvgIpc) is 3.14. The molecule has 51 heavy (non-hydrogen) atoms. The van der Waals surface area contributed by atoms with Gasteiger partial charge in [-0.25, -0.2) is 0 Å². The Morgan fingerprint density at radius 3 is 0.863 bits per heavy atom. The van der Waals surface area contributed by atoms with Gasteiger partial charge in [0.2, 0.25) is 0 Å². The van der Waals surface area contributed by atoms with Gasteiger partial charge in [-0.2, -0.15) is 0 Å². The highest BCUT2D eigenvalue weighted by Crippen LogP contribution is 2.21. The molecular weight excluding hydrogens is 613 g/mol. The third-order valence-electron chi connectivity index (χ3n) is 11.4. The molecule has 0 aliphatic heterocycles. The highest BCUT2D eigenvalue weighted by Gasteiger charge is 2.01. The molecule has 0 aliphatic carbocycles. The topological polar surface area (TPSA) is 0 Å².